The highest BCUT2D eigenvalue weighted by molar-refractivity contribution is 5.88. The molecule has 45 heavy (non-hydrogen) atoms. The van der Waals surface area contributed by atoms with Crippen LogP contribution in [0.1, 0.15) is 63.9 Å². The molecular weight excluding hydrogens is 568 g/mol. The second-order valence-corrected chi connectivity index (χ2v) is 12.3. The molecule has 0 amide bonds. The predicted octanol–water partition coefficient (Wildman–Crippen LogP) is 7.68. The molecule has 226 valence electrons. The second-order valence-electron chi connectivity index (χ2n) is 12.3. The minimum Gasteiger partial charge on any atom is -0.486 e. The Kier molecular flexibility index (Phi) is 7.42. The van der Waals surface area contributed by atoms with Crippen molar-refractivity contribution in [1.82, 2.24) is 0 Å². The van der Waals surface area contributed by atoms with E-state index in [9.17, 15) is 19.8 Å². The van der Waals surface area contributed by atoms with Gasteiger partial charge < -0.3 is 24.4 Å². The van der Waals surface area contributed by atoms with E-state index < -0.39 is 17.5 Å². The number of carboxylic acid groups (broad SMARTS) is 2. The summed E-state index contributed by atoms with van der Waals surface area (Å²) in [7, 11) is 0. The molecule has 0 radical (unpaired) electrons. The molecule has 4 fully saturated rings. The SMILES string of the molecule is O=C(O)c1ccc(Oc2cc(OC3C4CC5CC(C4)CC3(Oc3ccc(C(=O)O)cc3)C5)ccc2C#Cc2ccccc2)cc1. The molecule has 0 aliphatic heterocycles. The average molecular weight is 601 g/mol. The van der Waals surface area contributed by atoms with Crippen LogP contribution in [-0.4, -0.2) is 33.9 Å². The summed E-state index contributed by atoms with van der Waals surface area (Å²) >= 11 is 0. The zero-order valence-corrected chi connectivity index (χ0v) is 24.5. The van der Waals surface area contributed by atoms with Crippen molar-refractivity contribution in [3.05, 3.63) is 119 Å². The van der Waals surface area contributed by atoms with Gasteiger partial charge in [0.2, 0.25) is 0 Å². The zero-order valence-electron chi connectivity index (χ0n) is 24.5. The van der Waals surface area contributed by atoms with Crippen LogP contribution >= 0.6 is 0 Å². The van der Waals surface area contributed by atoms with Crippen LogP contribution in [0.15, 0.2) is 97.1 Å². The Morgan fingerprint density at radius 1 is 0.689 bits per heavy atom. The first kappa shape index (κ1) is 28.5. The lowest BCUT2D eigenvalue weighted by Gasteiger charge is -2.59. The zero-order chi connectivity index (χ0) is 31.0. The van der Waals surface area contributed by atoms with Crippen molar-refractivity contribution in [2.45, 2.75) is 43.8 Å². The minimum absolute atomic E-state index is 0.174. The Balaban J connectivity index is 1.20. The maximum atomic E-state index is 11.4. The van der Waals surface area contributed by atoms with E-state index in [4.69, 9.17) is 14.2 Å². The molecule has 0 saturated heterocycles. The van der Waals surface area contributed by atoms with Crippen molar-refractivity contribution in [3.8, 4) is 34.8 Å². The number of benzene rings is 4. The van der Waals surface area contributed by atoms with E-state index in [1.54, 1.807) is 36.4 Å². The lowest BCUT2D eigenvalue weighted by atomic mass is 9.52. The molecule has 0 heterocycles. The fraction of sp³-hybridized carbons (Fsp3) is 0.263. The third-order valence-electron chi connectivity index (χ3n) is 9.24. The maximum absolute atomic E-state index is 11.4. The van der Waals surface area contributed by atoms with Gasteiger partial charge in [0.25, 0.3) is 0 Å². The van der Waals surface area contributed by atoms with Crippen LogP contribution in [0.3, 0.4) is 0 Å². The van der Waals surface area contributed by atoms with Crippen LogP contribution in [0.2, 0.25) is 0 Å². The second kappa shape index (κ2) is 11.7. The number of carboxylic acids is 2. The highest BCUT2D eigenvalue weighted by Gasteiger charge is 2.60. The van der Waals surface area contributed by atoms with Crippen LogP contribution < -0.4 is 14.2 Å². The van der Waals surface area contributed by atoms with Crippen molar-refractivity contribution < 1.29 is 34.0 Å². The lowest BCUT2D eigenvalue weighted by Crippen LogP contribution is -2.65. The highest BCUT2D eigenvalue weighted by atomic mass is 16.6. The van der Waals surface area contributed by atoms with Gasteiger partial charge in [-0.2, -0.15) is 0 Å². The van der Waals surface area contributed by atoms with Crippen molar-refractivity contribution in [2.75, 3.05) is 0 Å². The third kappa shape index (κ3) is 5.97. The van der Waals surface area contributed by atoms with Gasteiger partial charge in [0.1, 0.15) is 34.7 Å². The predicted molar refractivity (Wildman–Crippen MR) is 167 cm³/mol. The van der Waals surface area contributed by atoms with Crippen LogP contribution in [0.25, 0.3) is 0 Å². The minimum atomic E-state index is -1.00. The summed E-state index contributed by atoms with van der Waals surface area (Å²) in [4.78, 5) is 22.8. The summed E-state index contributed by atoms with van der Waals surface area (Å²) < 4.78 is 19.9. The Hall–Kier alpha value is -5.22. The molecule has 4 aliphatic carbocycles. The number of hydrogen-bond donors (Lipinski definition) is 2. The molecule has 0 spiro atoms. The fourth-order valence-corrected chi connectivity index (χ4v) is 7.53. The van der Waals surface area contributed by atoms with Crippen molar-refractivity contribution in [2.24, 2.45) is 17.8 Å². The van der Waals surface area contributed by atoms with Gasteiger partial charge in [-0.3, -0.25) is 0 Å². The first-order valence-electron chi connectivity index (χ1n) is 15.2. The summed E-state index contributed by atoms with van der Waals surface area (Å²) in [5.41, 5.74) is 1.43. The lowest BCUT2D eigenvalue weighted by molar-refractivity contribution is -0.180. The quantitative estimate of drug-likeness (QED) is 0.200. The Morgan fingerprint density at radius 3 is 1.91 bits per heavy atom. The number of aromatic carboxylic acids is 2. The third-order valence-corrected chi connectivity index (χ3v) is 9.24. The highest BCUT2D eigenvalue weighted by Crippen LogP contribution is 2.58. The normalized spacial score (nSPS) is 24.3. The van der Waals surface area contributed by atoms with E-state index in [0.717, 1.165) is 31.2 Å². The maximum Gasteiger partial charge on any atom is 0.335 e. The van der Waals surface area contributed by atoms with E-state index >= 15 is 0 Å². The van der Waals surface area contributed by atoms with Crippen molar-refractivity contribution >= 4 is 11.9 Å². The van der Waals surface area contributed by atoms with Crippen LogP contribution in [0.5, 0.6) is 23.0 Å². The van der Waals surface area contributed by atoms with E-state index in [-0.39, 0.29) is 17.2 Å². The number of ether oxygens (including phenoxy) is 3. The Labute approximate surface area is 261 Å². The van der Waals surface area contributed by atoms with E-state index in [0.29, 0.717) is 46.3 Å². The first-order valence-corrected chi connectivity index (χ1v) is 15.2. The van der Waals surface area contributed by atoms with Gasteiger partial charge in [-0.05, 0) is 117 Å². The van der Waals surface area contributed by atoms with E-state index in [2.05, 4.69) is 11.8 Å². The van der Waals surface area contributed by atoms with Crippen molar-refractivity contribution in [1.29, 1.82) is 0 Å². The molecule has 7 nitrogen and oxygen atoms in total. The average Bonchev–Trinajstić information content (AvgIpc) is 3.03. The molecular formula is C38H32O7. The van der Waals surface area contributed by atoms with Crippen molar-refractivity contribution in [3.63, 3.8) is 0 Å². The smallest absolute Gasteiger partial charge is 0.335 e. The van der Waals surface area contributed by atoms with Gasteiger partial charge in [-0.1, -0.05) is 30.0 Å². The largest absolute Gasteiger partial charge is 0.486 e. The summed E-state index contributed by atoms with van der Waals surface area (Å²) in [6.45, 7) is 0. The van der Waals surface area contributed by atoms with Gasteiger partial charge in [0.15, 0.2) is 0 Å². The topological polar surface area (TPSA) is 102 Å². The molecule has 8 rings (SSSR count). The molecule has 4 bridgehead atoms. The van der Waals surface area contributed by atoms with Gasteiger partial charge >= 0.3 is 11.9 Å². The molecule has 4 saturated carbocycles. The van der Waals surface area contributed by atoms with Crippen LogP contribution in [0.4, 0.5) is 0 Å². The summed E-state index contributed by atoms with van der Waals surface area (Å²) in [6, 6.07) is 28.2. The molecule has 0 aromatic heterocycles. The van der Waals surface area contributed by atoms with E-state index in [1.807, 2.05) is 48.5 Å². The summed E-state index contributed by atoms with van der Waals surface area (Å²) in [5, 5.41) is 18.6. The number of hydrogen-bond acceptors (Lipinski definition) is 5. The van der Waals surface area contributed by atoms with Gasteiger partial charge in [-0.25, -0.2) is 9.59 Å². The number of carbonyl (C=O) groups is 2. The van der Waals surface area contributed by atoms with Crippen LogP contribution in [-0.2, 0) is 0 Å². The molecule has 3 atom stereocenters. The standard InChI is InChI=1S/C38H32O7/c39-36(40)28-9-13-31(14-10-28)43-34-21-33(17-8-27(34)7-6-24-4-2-1-3-5-24)44-35-30-19-25-18-26(20-30)23-38(35,22-25)45-32-15-11-29(12-16-32)37(41)42/h1-5,8-17,21,25-26,30,35H,18-20,22-23H2,(H,39,40)(H,41,42). The van der Waals surface area contributed by atoms with E-state index in [1.165, 1.54) is 18.6 Å². The van der Waals surface area contributed by atoms with Gasteiger partial charge in [0.05, 0.1) is 16.7 Å². The molecule has 7 heteroatoms. The molecule has 4 aromatic carbocycles. The molecule has 4 aromatic rings. The van der Waals surface area contributed by atoms with Gasteiger partial charge in [-0.15, -0.1) is 0 Å². The Bertz CT molecular complexity index is 1770. The number of rotatable bonds is 8. The summed E-state index contributed by atoms with van der Waals surface area (Å²) in [6.07, 6.45) is 5.03. The fourth-order valence-electron chi connectivity index (χ4n) is 7.53. The van der Waals surface area contributed by atoms with Crippen LogP contribution in [0, 0.1) is 29.6 Å². The Morgan fingerprint density at radius 2 is 1.29 bits per heavy atom. The molecule has 2 N–H and O–H groups in total. The first-order chi connectivity index (χ1) is 21.8. The molecule has 4 aliphatic rings. The molecule has 3 unspecified atom stereocenters. The monoisotopic (exact) mass is 600 g/mol. The summed E-state index contributed by atoms with van der Waals surface area (Å²) in [5.74, 6) is 8.24. The van der Waals surface area contributed by atoms with Gasteiger partial charge in [0, 0.05) is 17.5 Å².